The summed E-state index contributed by atoms with van der Waals surface area (Å²) in [6.45, 7) is -0.277. The second kappa shape index (κ2) is 7.57. The van der Waals surface area contributed by atoms with E-state index >= 15 is 0 Å². The summed E-state index contributed by atoms with van der Waals surface area (Å²) in [6.07, 6.45) is -4.64. The van der Waals surface area contributed by atoms with Crippen LogP contribution in [0.2, 0.25) is 5.02 Å². The molecule has 2 aromatic carbocycles. The zero-order valence-corrected chi connectivity index (χ0v) is 13.4. The van der Waals surface area contributed by atoms with E-state index in [0.29, 0.717) is 16.3 Å². The van der Waals surface area contributed by atoms with Crippen LogP contribution in [0.3, 0.4) is 0 Å². The molecule has 0 aliphatic carbocycles. The monoisotopic (exact) mass is 356 g/mol. The summed E-state index contributed by atoms with van der Waals surface area (Å²) in [5.74, 6) is -1.88. The van der Waals surface area contributed by atoms with Crippen molar-refractivity contribution in [1.29, 1.82) is 0 Å². The molecule has 0 aliphatic heterocycles. The van der Waals surface area contributed by atoms with Crippen molar-refractivity contribution >= 4 is 23.2 Å². The lowest BCUT2D eigenvalue weighted by Crippen LogP contribution is -2.41. The number of nitrogen functional groups attached to an aromatic ring is 1. The van der Waals surface area contributed by atoms with Crippen LogP contribution < -0.4 is 5.73 Å². The van der Waals surface area contributed by atoms with Crippen LogP contribution in [0.5, 0.6) is 0 Å². The summed E-state index contributed by atoms with van der Waals surface area (Å²) in [5, 5.41) is 0.324. The minimum atomic E-state index is -4.93. The second-order valence-electron chi connectivity index (χ2n) is 5.31. The molecular weight excluding hydrogens is 341 g/mol. The first-order chi connectivity index (χ1) is 11.3. The third kappa shape index (κ3) is 4.89. The van der Waals surface area contributed by atoms with Gasteiger partial charge in [-0.05, 0) is 35.7 Å². The van der Waals surface area contributed by atoms with E-state index in [9.17, 15) is 18.0 Å². The summed E-state index contributed by atoms with van der Waals surface area (Å²) in [5.41, 5.74) is 7.41. The molecule has 0 unspecified atom stereocenters. The highest BCUT2D eigenvalue weighted by Gasteiger charge is 2.42. The van der Waals surface area contributed by atoms with Crippen molar-refractivity contribution < 1.29 is 18.0 Å². The lowest BCUT2D eigenvalue weighted by molar-refractivity contribution is -0.186. The summed E-state index contributed by atoms with van der Waals surface area (Å²) in [6, 6.07) is 13.3. The number of halogens is 4. The van der Waals surface area contributed by atoms with Crippen LogP contribution in [0.15, 0.2) is 48.5 Å². The number of nitrogens with two attached hydrogens (primary N) is 1. The Labute approximate surface area is 142 Å². The van der Waals surface area contributed by atoms with Crippen molar-refractivity contribution in [2.75, 3.05) is 12.3 Å². The Morgan fingerprint density at radius 3 is 2.29 bits per heavy atom. The molecule has 0 heterocycles. The molecule has 2 N–H and O–H groups in total. The fraction of sp³-hybridized carbons (Fsp3) is 0.235. The highest BCUT2D eigenvalue weighted by Crippen LogP contribution is 2.23. The van der Waals surface area contributed by atoms with Gasteiger partial charge in [0.2, 0.25) is 0 Å². The van der Waals surface area contributed by atoms with E-state index < -0.39 is 12.1 Å². The lowest BCUT2D eigenvalue weighted by Gasteiger charge is -2.24. The summed E-state index contributed by atoms with van der Waals surface area (Å²) in [4.78, 5) is 12.5. The lowest BCUT2D eigenvalue weighted by atomic mass is 10.1. The van der Waals surface area contributed by atoms with Crippen LogP contribution in [-0.4, -0.2) is 23.5 Å². The number of rotatable bonds is 5. The number of nitrogens with zero attached hydrogens (tertiary/aromatic N) is 1. The van der Waals surface area contributed by atoms with Gasteiger partial charge < -0.3 is 10.6 Å². The predicted molar refractivity (Wildman–Crippen MR) is 87.5 cm³/mol. The molecule has 0 aliphatic rings. The molecule has 2 rings (SSSR count). The topological polar surface area (TPSA) is 46.3 Å². The summed E-state index contributed by atoms with van der Waals surface area (Å²) in [7, 11) is 0. The highest BCUT2D eigenvalue weighted by molar-refractivity contribution is 6.31. The molecule has 7 heteroatoms. The van der Waals surface area contributed by atoms with Gasteiger partial charge in [-0.25, -0.2) is 0 Å². The molecule has 0 spiro atoms. The van der Waals surface area contributed by atoms with E-state index in [4.69, 9.17) is 17.3 Å². The zero-order valence-electron chi connectivity index (χ0n) is 12.7. The van der Waals surface area contributed by atoms with Crippen molar-refractivity contribution in [2.45, 2.75) is 19.1 Å². The normalized spacial score (nSPS) is 11.3. The van der Waals surface area contributed by atoms with Crippen molar-refractivity contribution in [2.24, 2.45) is 0 Å². The molecule has 24 heavy (non-hydrogen) atoms. The molecule has 0 saturated carbocycles. The minimum Gasteiger partial charge on any atom is -0.399 e. The number of carbonyl (C=O) groups excluding carboxylic acids is 1. The van der Waals surface area contributed by atoms with Crippen LogP contribution in [0.25, 0.3) is 0 Å². The van der Waals surface area contributed by atoms with Gasteiger partial charge in [-0.3, -0.25) is 4.79 Å². The molecule has 0 fully saturated rings. The molecule has 0 bridgehead atoms. The maximum Gasteiger partial charge on any atom is 0.471 e. The Morgan fingerprint density at radius 2 is 1.71 bits per heavy atom. The standard InChI is InChI=1S/C17H16ClF3N2O/c18-15-4-2-1-3-13(15)11-23(16(24)17(19,20)21)10-9-12-5-7-14(22)8-6-12/h1-8H,9-11,22H2. The van der Waals surface area contributed by atoms with Crippen LogP contribution in [0.4, 0.5) is 18.9 Å². The summed E-state index contributed by atoms with van der Waals surface area (Å²) < 4.78 is 38.5. The minimum absolute atomic E-state index is 0.0759. The molecule has 3 nitrogen and oxygen atoms in total. The van der Waals surface area contributed by atoms with Gasteiger partial charge >= 0.3 is 12.1 Å². The molecule has 128 valence electrons. The summed E-state index contributed by atoms with van der Waals surface area (Å²) >= 11 is 5.99. The number of benzene rings is 2. The first-order valence-electron chi connectivity index (χ1n) is 7.21. The van der Waals surface area contributed by atoms with Gasteiger partial charge in [0.1, 0.15) is 0 Å². The van der Waals surface area contributed by atoms with Crippen LogP contribution in [0.1, 0.15) is 11.1 Å². The Bertz CT molecular complexity index is 702. The van der Waals surface area contributed by atoms with Crippen LogP contribution >= 0.6 is 11.6 Å². The maximum absolute atomic E-state index is 12.8. The molecule has 2 aromatic rings. The Morgan fingerprint density at radius 1 is 1.08 bits per heavy atom. The second-order valence-corrected chi connectivity index (χ2v) is 5.71. The number of anilines is 1. The van der Waals surface area contributed by atoms with Crippen LogP contribution in [0, 0.1) is 0 Å². The third-order valence-corrected chi connectivity index (χ3v) is 3.87. The number of hydrogen-bond acceptors (Lipinski definition) is 2. The van der Waals surface area contributed by atoms with Crippen molar-refractivity contribution in [3.05, 3.63) is 64.7 Å². The van der Waals surface area contributed by atoms with Gasteiger partial charge in [0.05, 0.1) is 0 Å². The Balaban J connectivity index is 2.15. The fourth-order valence-electron chi connectivity index (χ4n) is 2.21. The van der Waals surface area contributed by atoms with Gasteiger partial charge in [-0.15, -0.1) is 0 Å². The molecular formula is C17H16ClF3N2O. The number of amides is 1. The van der Waals surface area contributed by atoms with Gasteiger partial charge in [0.25, 0.3) is 0 Å². The molecule has 0 atom stereocenters. The highest BCUT2D eigenvalue weighted by atomic mass is 35.5. The Kier molecular flexibility index (Phi) is 5.72. The van der Waals surface area contributed by atoms with Crippen molar-refractivity contribution in [1.82, 2.24) is 4.90 Å². The number of carbonyl (C=O) groups is 1. The van der Waals surface area contributed by atoms with E-state index in [-0.39, 0.29) is 19.5 Å². The van der Waals surface area contributed by atoms with E-state index in [2.05, 4.69) is 0 Å². The van der Waals surface area contributed by atoms with E-state index in [1.54, 1.807) is 48.5 Å². The predicted octanol–water partition coefficient (Wildman–Crippen LogP) is 4.06. The first-order valence-corrected chi connectivity index (χ1v) is 7.59. The SMILES string of the molecule is Nc1ccc(CCN(Cc2ccccc2Cl)C(=O)C(F)(F)F)cc1. The molecule has 0 radical (unpaired) electrons. The third-order valence-electron chi connectivity index (χ3n) is 3.50. The van der Waals surface area contributed by atoms with E-state index in [1.165, 1.54) is 0 Å². The van der Waals surface area contributed by atoms with Gasteiger partial charge in [0, 0.05) is 23.8 Å². The first kappa shape index (κ1) is 18.1. The largest absolute Gasteiger partial charge is 0.471 e. The number of hydrogen-bond donors (Lipinski definition) is 1. The maximum atomic E-state index is 12.8. The van der Waals surface area contributed by atoms with Gasteiger partial charge in [-0.1, -0.05) is 41.9 Å². The Hall–Kier alpha value is -2.21. The quantitative estimate of drug-likeness (QED) is 0.821. The zero-order chi connectivity index (χ0) is 17.7. The van der Waals surface area contributed by atoms with Crippen molar-refractivity contribution in [3.63, 3.8) is 0 Å². The van der Waals surface area contributed by atoms with Gasteiger partial charge in [-0.2, -0.15) is 13.2 Å². The van der Waals surface area contributed by atoms with Crippen molar-refractivity contribution in [3.8, 4) is 0 Å². The van der Waals surface area contributed by atoms with E-state index in [1.807, 2.05) is 0 Å². The number of alkyl halides is 3. The smallest absolute Gasteiger partial charge is 0.399 e. The van der Waals surface area contributed by atoms with Crippen LogP contribution in [-0.2, 0) is 17.8 Å². The molecule has 0 aromatic heterocycles. The average molecular weight is 357 g/mol. The molecule has 0 saturated heterocycles. The molecule has 1 amide bonds. The van der Waals surface area contributed by atoms with Gasteiger partial charge in [0.15, 0.2) is 0 Å². The average Bonchev–Trinajstić information content (AvgIpc) is 2.53. The fourth-order valence-corrected chi connectivity index (χ4v) is 2.41. The van der Waals surface area contributed by atoms with E-state index in [0.717, 1.165) is 10.5 Å².